The summed E-state index contributed by atoms with van der Waals surface area (Å²) in [6.07, 6.45) is 0.460. The van der Waals surface area contributed by atoms with Crippen molar-refractivity contribution in [2.75, 3.05) is 6.61 Å². The van der Waals surface area contributed by atoms with Gasteiger partial charge in [-0.15, -0.1) is 0 Å². The van der Waals surface area contributed by atoms with Gasteiger partial charge in [-0.1, -0.05) is 0 Å². The summed E-state index contributed by atoms with van der Waals surface area (Å²) in [6.45, 7) is 5.80. The number of carbonyl (C=O) groups excluding carboxylic acids is 2. The first-order valence-corrected chi connectivity index (χ1v) is 8.35. The van der Waals surface area contributed by atoms with E-state index < -0.39 is 0 Å². The second-order valence-electron chi connectivity index (χ2n) is 4.21. The predicted octanol–water partition coefficient (Wildman–Crippen LogP) is 1.98. The van der Waals surface area contributed by atoms with Crippen LogP contribution in [0, 0.1) is 5.92 Å². The molecule has 0 N–H and O–H groups in total. The summed E-state index contributed by atoms with van der Waals surface area (Å²) in [5, 5.41) is 0. The third-order valence-electron chi connectivity index (χ3n) is 2.84. The molecule has 0 fully saturated rings. The zero-order valence-corrected chi connectivity index (χ0v) is 13.3. The molecule has 0 saturated heterocycles. The van der Waals surface area contributed by atoms with E-state index in [0.717, 1.165) is 4.46 Å². The molecule has 0 saturated carbocycles. The Hall–Kier alpha value is -1.12. The van der Waals surface area contributed by atoms with Crippen LogP contribution < -0.4 is 4.46 Å². The van der Waals surface area contributed by atoms with Crippen molar-refractivity contribution in [2.24, 2.45) is 5.92 Å². The molecular formula is C15H20O3Se. The first-order valence-electron chi connectivity index (χ1n) is 6.51. The van der Waals surface area contributed by atoms with Gasteiger partial charge in [0.05, 0.1) is 0 Å². The minimum absolute atomic E-state index is 0.0856. The van der Waals surface area contributed by atoms with Gasteiger partial charge in [-0.05, 0) is 0 Å². The summed E-state index contributed by atoms with van der Waals surface area (Å²) < 4.78 is 6.23. The van der Waals surface area contributed by atoms with Crippen molar-refractivity contribution >= 4 is 31.2 Å². The number of esters is 1. The van der Waals surface area contributed by atoms with E-state index >= 15 is 0 Å². The van der Waals surface area contributed by atoms with Gasteiger partial charge < -0.3 is 0 Å². The molecule has 0 heterocycles. The van der Waals surface area contributed by atoms with E-state index in [0.29, 0.717) is 13.0 Å². The number of benzene rings is 1. The predicted molar refractivity (Wildman–Crippen MR) is 76.7 cm³/mol. The quantitative estimate of drug-likeness (QED) is 0.568. The Bertz CT molecular complexity index is 417. The molecule has 0 aromatic heterocycles. The number of Topliss-reactive ketones (excluding diaryl/α,β-unsaturated/α-hetero) is 1. The molecule has 2 unspecified atom stereocenters. The first kappa shape index (κ1) is 15.9. The summed E-state index contributed by atoms with van der Waals surface area (Å²) >= 11 is -0.0856. The maximum absolute atomic E-state index is 12.1. The molecule has 1 aromatic rings. The number of carbonyl (C=O) groups is 2. The van der Waals surface area contributed by atoms with E-state index in [1.165, 1.54) is 0 Å². The van der Waals surface area contributed by atoms with Gasteiger partial charge in [-0.3, -0.25) is 0 Å². The van der Waals surface area contributed by atoms with Crippen LogP contribution in [-0.4, -0.2) is 33.3 Å². The molecule has 0 aliphatic rings. The van der Waals surface area contributed by atoms with Crippen LogP contribution in [0.25, 0.3) is 0 Å². The molecule has 104 valence electrons. The van der Waals surface area contributed by atoms with Crippen LogP contribution in [-0.2, 0) is 14.3 Å². The standard InChI is InChI=1S/C15H20O3Se/c1-4-13(16)11(3)14(15(17)18-5-2)19-12-9-7-6-8-10-12/h6-11,14H,4-5H2,1-3H3. The maximum atomic E-state index is 12.1. The van der Waals surface area contributed by atoms with E-state index in [2.05, 4.69) is 0 Å². The normalized spacial score (nSPS) is 13.6. The summed E-state index contributed by atoms with van der Waals surface area (Å²) in [6, 6.07) is 9.83. The zero-order chi connectivity index (χ0) is 14.3. The van der Waals surface area contributed by atoms with E-state index in [-0.39, 0.29) is 37.4 Å². The second kappa shape index (κ2) is 8.13. The molecular weight excluding hydrogens is 307 g/mol. The van der Waals surface area contributed by atoms with Crippen molar-refractivity contribution in [2.45, 2.75) is 32.0 Å². The van der Waals surface area contributed by atoms with E-state index in [1.807, 2.05) is 44.2 Å². The number of hydrogen-bond acceptors (Lipinski definition) is 3. The van der Waals surface area contributed by atoms with Crippen molar-refractivity contribution in [3.8, 4) is 0 Å². The number of ether oxygens (including phenoxy) is 1. The Morgan fingerprint density at radius 3 is 2.37 bits per heavy atom. The van der Waals surface area contributed by atoms with Crippen LogP contribution in [0.2, 0.25) is 4.82 Å². The molecule has 1 rings (SSSR count). The minimum atomic E-state index is -0.331. The Labute approximate surface area is 120 Å². The molecule has 2 atom stereocenters. The molecule has 0 bridgehead atoms. The Morgan fingerprint density at radius 2 is 1.84 bits per heavy atom. The molecule has 1 aromatic carbocycles. The van der Waals surface area contributed by atoms with Gasteiger partial charge >= 0.3 is 120 Å². The Balaban J connectivity index is 2.86. The van der Waals surface area contributed by atoms with E-state index in [4.69, 9.17) is 4.74 Å². The third kappa shape index (κ3) is 4.81. The van der Waals surface area contributed by atoms with Gasteiger partial charge in [-0.2, -0.15) is 0 Å². The fraction of sp³-hybridized carbons (Fsp3) is 0.467. The van der Waals surface area contributed by atoms with Gasteiger partial charge in [0.15, 0.2) is 0 Å². The van der Waals surface area contributed by atoms with Crippen molar-refractivity contribution in [1.82, 2.24) is 0 Å². The zero-order valence-electron chi connectivity index (χ0n) is 11.6. The van der Waals surface area contributed by atoms with Gasteiger partial charge in [0.25, 0.3) is 0 Å². The summed E-state index contributed by atoms with van der Waals surface area (Å²) in [5.41, 5.74) is 0. The molecule has 0 spiro atoms. The van der Waals surface area contributed by atoms with Crippen LogP contribution >= 0.6 is 0 Å². The average Bonchev–Trinajstić information content (AvgIpc) is 2.44. The molecule has 0 amide bonds. The topological polar surface area (TPSA) is 43.4 Å². The fourth-order valence-electron chi connectivity index (χ4n) is 1.72. The number of rotatable bonds is 7. The Morgan fingerprint density at radius 1 is 1.21 bits per heavy atom. The van der Waals surface area contributed by atoms with Crippen molar-refractivity contribution in [3.05, 3.63) is 30.3 Å². The Kier molecular flexibility index (Phi) is 6.82. The van der Waals surface area contributed by atoms with Crippen LogP contribution in [0.4, 0.5) is 0 Å². The van der Waals surface area contributed by atoms with Crippen LogP contribution in [0.3, 0.4) is 0 Å². The van der Waals surface area contributed by atoms with Crippen molar-refractivity contribution in [3.63, 3.8) is 0 Å². The van der Waals surface area contributed by atoms with Crippen LogP contribution in [0.1, 0.15) is 27.2 Å². The number of hydrogen-bond donors (Lipinski definition) is 0. The van der Waals surface area contributed by atoms with Crippen LogP contribution in [0.5, 0.6) is 0 Å². The fourth-order valence-corrected chi connectivity index (χ4v) is 4.08. The van der Waals surface area contributed by atoms with Gasteiger partial charge in [-0.25, -0.2) is 0 Å². The SMILES string of the molecule is CCOC(=O)C([Se]c1ccccc1)C(C)C(=O)CC. The average molecular weight is 327 g/mol. The van der Waals surface area contributed by atoms with Gasteiger partial charge in [0.1, 0.15) is 0 Å². The molecule has 3 nitrogen and oxygen atoms in total. The van der Waals surface area contributed by atoms with E-state index in [1.54, 1.807) is 6.92 Å². The first-order chi connectivity index (χ1) is 9.10. The summed E-state index contributed by atoms with van der Waals surface area (Å²) in [7, 11) is 0. The molecule has 0 radical (unpaired) electrons. The van der Waals surface area contributed by atoms with Crippen molar-refractivity contribution in [1.29, 1.82) is 0 Å². The number of ketones is 1. The summed E-state index contributed by atoms with van der Waals surface area (Å²) in [5.74, 6) is -0.402. The van der Waals surface area contributed by atoms with Crippen LogP contribution in [0.15, 0.2) is 30.3 Å². The van der Waals surface area contributed by atoms with Crippen molar-refractivity contribution < 1.29 is 14.3 Å². The molecule has 0 aliphatic carbocycles. The van der Waals surface area contributed by atoms with E-state index in [9.17, 15) is 9.59 Å². The molecule has 0 aliphatic heterocycles. The molecule has 4 heteroatoms. The van der Waals surface area contributed by atoms with Gasteiger partial charge in [0.2, 0.25) is 0 Å². The third-order valence-corrected chi connectivity index (χ3v) is 5.77. The van der Waals surface area contributed by atoms with Gasteiger partial charge in [0, 0.05) is 0 Å². The summed E-state index contributed by atoms with van der Waals surface area (Å²) in [4.78, 5) is 23.6. The monoisotopic (exact) mass is 328 g/mol. The second-order valence-corrected chi connectivity index (χ2v) is 6.76. The molecule has 19 heavy (non-hydrogen) atoms.